The van der Waals surface area contributed by atoms with Gasteiger partial charge in [-0.1, -0.05) is 25.3 Å². The summed E-state index contributed by atoms with van der Waals surface area (Å²) in [6.07, 6.45) is 3.97. The number of ether oxygens (including phenoxy) is 2. The van der Waals surface area contributed by atoms with Crippen molar-refractivity contribution in [2.24, 2.45) is 0 Å². The van der Waals surface area contributed by atoms with Crippen LogP contribution in [0, 0.1) is 0 Å². The minimum absolute atomic E-state index is 0.115. The van der Waals surface area contributed by atoms with Crippen molar-refractivity contribution in [2.45, 2.75) is 6.92 Å². The van der Waals surface area contributed by atoms with E-state index in [2.05, 4.69) is 17.9 Å². The van der Waals surface area contributed by atoms with E-state index in [-0.39, 0.29) is 18.8 Å². The van der Waals surface area contributed by atoms with E-state index in [0.29, 0.717) is 0 Å². The molecule has 0 atom stereocenters. The molecule has 0 heterocycles. The lowest BCUT2D eigenvalue weighted by Crippen LogP contribution is -2.09. The fourth-order valence-corrected chi connectivity index (χ4v) is 0.667. The Morgan fingerprint density at radius 3 is 2.20 bits per heavy atom. The molecule has 0 saturated carbocycles. The van der Waals surface area contributed by atoms with E-state index in [1.165, 1.54) is 19.1 Å². The Labute approximate surface area is 88.9 Å². The third-order valence-electron chi connectivity index (χ3n) is 1.33. The van der Waals surface area contributed by atoms with Crippen molar-refractivity contribution >= 4 is 11.9 Å². The normalized spacial score (nSPS) is 10.3. The zero-order valence-corrected chi connectivity index (χ0v) is 8.69. The SMILES string of the molecule is C=CCOC(=O)/C=C(/C)C(=O)OCC=C. The first-order valence-electron chi connectivity index (χ1n) is 4.35. The first kappa shape index (κ1) is 13.2. The number of carbonyl (C=O) groups excluding carboxylic acids is 2. The summed E-state index contributed by atoms with van der Waals surface area (Å²) in [6.45, 7) is 8.49. The largest absolute Gasteiger partial charge is 0.458 e. The lowest BCUT2D eigenvalue weighted by molar-refractivity contribution is -0.140. The minimum atomic E-state index is -0.594. The molecule has 4 nitrogen and oxygen atoms in total. The molecule has 0 aromatic rings. The van der Waals surface area contributed by atoms with Crippen molar-refractivity contribution in [3.05, 3.63) is 37.0 Å². The molecule has 4 heteroatoms. The summed E-state index contributed by atoms with van der Waals surface area (Å²) in [6, 6.07) is 0. The van der Waals surface area contributed by atoms with Gasteiger partial charge in [-0.3, -0.25) is 0 Å². The predicted molar refractivity (Wildman–Crippen MR) is 56.1 cm³/mol. The maximum atomic E-state index is 11.1. The van der Waals surface area contributed by atoms with Crippen LogP contribution in [0.4, 0.5) is 0 Å². The Morgan fingerprint density at radius 1 is 1.13 bits per heavy atom. The fraction of sp³-hybridized carbons (Fsp3) is 0.273. The number of rotatable bonds is 6. The van der Waals surface area contributed by atoms with E-state index < -0.39 is 11.9 Å². The van der Waals surface area contributed by atoms with Gasteiger partial charge >= 0.3 is 11.9 Å². The smallest absolute Gasteiger partial charge is 0.334 e. The molecular formula is C11H14O4. The quantitative estimate of drug-likeness (QED) is 0.377. The molecule has 82 valence electrons. The molecule has 0 aromatic heterocycles. The molecule has 0 spiro atoms. The van der Waals surface area contributed by atoms with Crippen molar-refractivity contribution in [3.8, 4) is 0 Å². The summed E-state index contributed by atoms with van der Waals surface area (Å²) < 4.78 is 9.36. The molecule has 0 rings (SSSR count). The molecular weight excluding hydrogens is 196 g/mol. The van der Waals surface area contributed by atoms with Crippen molar-refractivity contribution in [1.29, 1.82) is 0 Å². The van der Waals surface area contributed by atoms with Crippen LogP contribution in [0.2, 0.25) is 0 Å². The first-order chi connectivity index (χ1) is 7.11. The van der Waals surface area contributed by atoms with Crippen LogP contribution in [0.15, 0.2) is 37.0 Å². The second-order valence-corrected chi connectivity index (χ2v) is 2.63. The van der Waals surface area contributed by atoms with Gasteiger partial charge in [0.1, 0.15) is 13.2 Å². The van der Waals surface area contributed by atoms with Gasteiger partial charge < -0.3 is 9.47 Å². The molecule has 0 aliphatic heterocycles. The standard InChI is InChI=1S/C11H14O4/c1-4-6-14-10(12)8-9(3)11(13)15-7-5-2/h4-5,8H,1-2,6-7H2,3H3/b9-8-. The highest BCUT2D eigenvalue weighted by atomic mass is 16.5. The van der Waals surface area contributed by atoms with E-state index in [0.717, 1.165) is 6.08 Å². The van der Waals surface area contributed by atoms with Gasteiger partial charge in [-0.05, 0) is 6.92 Å². The fourth-order valence-electron chi connectivity index (χ4n) is 0.667. The molecule has 0 fully saturated rings. The van der Waals surface area contributed by atoms with Crippen molar-refractivity contribution in [2.75, 3.05) is 13.2 Å². The van der Waals surface area contributed by atoms with Crippen LogP contribution < -0.4 is 0 Å². The van der Waals surface area contributed by atoms with Crippen molar-refractivity contribution in [1.82, 2.24) is 0 Å². The van der Waals surface area contributed by atoms with E-state index in [1.807, 2.05) is 0 Å². The van der Waals surface area contributed by atoms with E-state index >= 15 is 0 Å². The Kier molecular flexibility index (Phi) is 6.63. The Hall–Kier alpha value is -1.84. The Bertz CT molecular complexity index is 289. The maximum Gasteiger partial charge on any atom is 0.334 e. The number of carbonyl (C=O) groups is 2. The molecule has 0 saturated heterocycles. The molecule has 0 aliphatic rings. The highest BCUT2D eigenvalue weighted by Gasteiger charge is 2.07. The van der Waals surface area contributed by atoms with Crippen LogP contribution in [0.25, 0.3) is 0 Å². The second kappa shape index (κ2) is 7.55. The summed E-state index contributed by atoms with van der Waals surface area (Å²) in [7, 11) is 0. The van der Waals surface area contributed by atoms with Crippen LogP contribution in [0.5, 0.6) is 0 Å². The average Bonchev–Trinajstić information content (AvgIpc) is 2.22. The number of hydrogen-bond acceptors (Lipinski definition) is 4. The van der Waals surface area contributed by atoms with E-state index in [4.69, 9.17) is 4.74 Å². The van der Waals surface area contributed by atoms with Crippen LogP contribution in [-0.2, 0) is 19.1 Å². The molecule has 0 aliphatic carbocycles. The van der Waals surface area contributed by atoms with Gasteiger partial charge in [-0.25, -0.2) is 9.59 Å². The van der Waals surface area contributed by atoms with Gasteiger partial charge in [-0.2, -0.15) is 0 Å². The van der Waals surface area contributed by atoms with Gasteiger partial charge in [0.25, 0.3) is 0 Å². The van der Waals surface area contributed by atoms with Gasteiger partial charge in [0.15, 0.2) is 0 Å². The molecule has 0 N–H and O–H groups in total. The summed E-state index contributed by atoms with van der Waals surface area (Å²) in [5, 5.41) is 0. The van der Waals surface area contributed by atoms with Gasteiger partial charge in [0, 0.05) is 11.6 Å². The topological polar surface area (TPSA) is 52.6 Å². The van der Waals surface area contributed by atoms with Crippen LogP contribution >= 0.6 is 0 Å². The molecule has 0 amide bonds. The summed E-state index contributed by atoms with van der Waals surface area (Å²) >= 11 is 0. The van der Waals surface area contributed by atoms with E-state index in [1.54, 1.807) is 0 Å². The Balaban J connectivity index is 4.15. The maximum absolute atomic E-state index is 11.1. The zero-order chi connectivity index (χ0) is 11.7. The zero-order valence-electron chi connectivity index (χ0n) is 8.69. The molecule has 15 heavy (non-hydrogen) atoms. The van der Waals surface area contributed by atoms with Gasteiger partial charge in [0.2, 0.25) is 0 Å². The third-order valence-corrected chi connectivity index (χ3v) is 1.33. The second-order valence-electron chi connectivity index (χ2n) is 2.63. The van der Waals surface area contributed by atoms with E-state index in [9.17, 15) is 9.59 Å². The van der Waals surface area contributed by atoms with Gasteiger partial charge in [-0.15, -0.1) is 0 Å². The average molecular weight is 210 g/mol. The monoisotopic (exact) mass is 210 g/mol. The molecule has 0 unspecified atom stereocenters. The Morgan fingerprint density at radius 2 is 1.67 bits per heavy atom. The number of esters is 2. The third kappa shape index (κ3) is 6.26. The van der Waals surface area contributed by atoms with Crippen molar-refractivity contribution in [3.63, 3.8) is 0 Å². The summed E-state index contributed by atoms with van der Waals surface area (Å²) in [5.41, 5.74) is 0.186. The first-order valence-corrected chi connectivity index (χ1v) is 4.35. The lowest BCUT2D eigenvalue weighted by Gasteiger charge is -2.01. The summed E-state index contributed by atoms with van der Waals surface area (Å²) in [4.78, 5) is 22.2. The molecule has 0 bridgehead atoms. The summed E-state index contributed by atoms with van der Waals surface area (Å²) in [5.74, 6) is -1.16. The van der Waals surface area contributed by atoms with Crippen LogP contribution in [0.1, 0.15) is 6.92 Å². The van der Waals surface area contributed by atoms with Crippen LogP contribution in [0.3, 0.4) is 0 Å². The van der Waals surface area contributed by atoms with Crippen molar-refractivity contribution < 1.29 is 19.1 Å². The molecule has 0 radical (unpaired) electrons. The predicted octanol–water partition coefficient (Wildman–Crippen LogP) is 1.39. The van der Waals surface area contributed by atoms with Crippen LogP contribution in [-0.4, -0.2) is 25.2 Å². The van der Waals surface area contributed by atoms with Gasteiger partial charge in [0.05, 0.1) is 0 Å². The minimum Gasteiger partial charge on any atom is -0.458 e. The highest BCUT2D eigenvalue weighted by molar-refractivity contribution is 5.95. The lowest BCUT2D eigenvalue weighted by atomic mass is 10.3. The molecule has 0 aromatic carbocycles. The number of hydrogen-bond donors (Lipinski definition) is 0. The highest BCUT2D eigenvalue weighted by Crippen LogP contribution is 1.97.